The number of carbonyl (C=O) groups is 4. The van der Waals surface area contributed by atoms with Crippen LogP contribution in [-0.2, 0) is 19.2 Å². The number of hydrogen-bond donors (Lipinski definition) is 5. The van der Waals surface area contributed by atoms with Crippen LogP contribution in [0.25, 0.3) is 0 Å². The van der Waals surface area contributed by atoms with E-state index in [0.29, 0.717) is 24.2 Å². The third kappa shape index (κ3) is 27.9. The zero-order valence-corrected chi connectivity index (χ0v) is 34.7. The molecule has 0 aliphatic carbocycles. The van der Waals surface area contributed by atoms with Crippen LogP contribution in [0.5, 0.6) is 0 Å². The molecule has 0 aromatic rings. The Balaban J connectivity index is 4.89. The maximum absolute atomic E-state index is 13.6. The van der Waals surface area contributed by atoms with E-state index in [4.69, 9.17) is 28.7 Å². The molecule has 0 aromatic heterocycles. The molecule has 0 aliphatic heterocycles. The number of hydrogen-bond acceptors (Lipinski definition) is 8. The summed E-state index contributed by atoms with van der Waals surface area (Å²) in [7, 11) is 0. The molecule has 3 amide bonds. The molecule has 0 saturated heterocycles. The zero-order chi connectivity index (χ0) is 40.2. The summed E-state index contributed by atoms with van der Waals surface area (Å²) in [6.07, 6.45) is 35.0. The highest BCUT2D eigenvalue weighted by Crippen LogP contribution is 2.16. The third-order valence-electron chi connectivity index (χ3n) is 10.2. The van der Waals surface area contributed by atoms with Gasteiger partial charge in [0.25, 0.3) is 5.91 Å². The minimum Gasteiger partial charge on any atom is -0.370 e. The molecule has 0 aliphatic rings. The SMILES string of the molecule is CCCCCCCC/C=C\CCCCCCCC(=O)N(C(=O)CCCCCCCCCCCCCCC)C(=O)C(N)C(N)C(=O)[C@@H](N)CCCN=C(N)N. The summed E-state index contributed by atoms with van der Waals surface area (Å²) in [5.74, 6) is -2.80. The van der Waals surface area contributed by atoms with E-state index in [-0.39, 0.29) is 31.8 Å². The lowest BCUT2D eigenvalue weighted by Gasteiger charge is -2.26. The van der Waals surface area contributed by atoms with E-state index in [9.17, 15) is 19.2 Å². The summed E-state index contributed by atoms with van der Waals surface area (Å²) >= 11 is 0. The molecule has 0 spiro atoms. The fourth-order valence-corrected chi connectivity index (χ4v) is 6.64. The zero-order valence-electron chi connectivity index (χ0n) is 34.7. The van der Waals surface area contributed by atoms with Crippen LogP contribution in [0.2, 0.25) is 0 Å². The Hall–Kier alpha value is -2.63. The van der Waals surface area contributed by atoms with Crippen molar-refractivity contribution in [1.82, 2.24) is 4.90 Å². The van der Waals surface area contributed by atoms with Gasteiger partial charge in [0.05, 0.1) is 12.1 Å². The molecule has 10 N–H and O–H groups in total. The van der Waals surface area contributed by atoms with E-state index in [1.54, 1.807) is 0 Å². The lowest BCUT2D eigenvalue weighted by molar-refractivity contribution is -0.155. The van der Waals surface area contributed by atoms with Crippen LogP contribution in [0.3, 0.4) is 0 Å². The van der Waals surface area contributed by atoms with Crippen molar-refractivity contribution in [3.63, 3.8) is 0 Å². The van der Waals surface area contributed by atoms with Gasteiger partial charge >= 0.3 is 0 Å². The standard InChI is InChI=1S/C43H83N7O4/c1-3-5-7-9-11-13-15-17-18-20-22-24-26-28-30-34-38(52)50(37(51)33-29-27-25-23-21-19-16-14-12-10-8-6-4-2)42(54)40(46)39(45)41(53)36(44)32-31-35-49-43(47)48/h17-18,36,39-40H,3-16,19-35,44-46H2,1-2H3,(H4,47,48,49)/b18-17-/t36-,39?,40?/m0/s1. The van der Waals surface area contributed by atoms with Gasteiger partial charge in [-0.15, -0.1) is 0 Å². The Kier molecular flexibility index (Phi) is 34.3. The number of guanidine groups is 1. The highest BCUT2D eigenvalue weighted by atomic mass is 16.2. The van der Waals surface area contributed by atoms with E-state index in [1.165, 1.54) is 96.3 Å². The topological polar surface area (TPSA) is 214 Å². The summed E-state index contributed by atoms with van der Waals surface area (Å²) in [5.41, 5.74) is 29.0. The lowest BCUT2D eigenvalue weighted by atomic mass is 9.96. The van der Waals surface area contributed by atoms with Crippen molar-refractivity contribution in [3.05, 3.63) is 12.2 Å². The average molecular weight is 762 g/mol. The van der Waals surface area contributed by atoms with Gasteiger partial charge in [-0.1, -0.05) is 154 Å². The summed E-state index contributed by atoms with van der Waals surface area (Å²) < 4.78 is 0. The summed E-state index contributed by atoms with van der Waals surface area (Å²) in [5, 5.41) is 0. The molecular formula is C43H83N7O4. The van der Waals surface area contributed by atoms with Crippen LogP contribution in [0, 0.1) is 0 Å². The van der Waals surface area contributed by atoms with Gasteiger partial charge in [0.15, 0.2) is 11.7 Å². The van der Waals surface area contributed by atoms with Crippen molar-refractivity contribution in [3.8, 4) is 0 Å². The Morgan fingerprint density at radius 3 is 1.28 bits per heavy atom. The highest BCUT2D eigenvalue weighted by molar-refractivity contribution is 6.13. The van der Waals surface area contributed by atoms with Crippen molar-refractivity contribution < 1.29 is 19.2 Å². The smallest absolute Gasteiger partial charge is 0.255 e. The predicted octanol–water partition coefficient (Wildman–Crippen LogP) is 7.99. The monoisotopic (exact) mass is 762 g/mol. The van der Waals surface area contributed by atoms with Crippen LogP contribution in [-0.4, -0.2) is 59.0 Å². The highest BCUT2D eigenvalue weighted by Gasteiger charge is 2.37. The van der Waals surface area contributed by atoms with Gasteiger partial charge in [-0.05, 0) is 51.4 Å². The quantitative estimate of drug-likeness (QED) is 0.0179. The number of allylic oxidation sites excluding steroid dienone is 2. The molecule has 54 heavy (non-hydrogen) atoms. The maximum atomic E-state index is 13.6. The Bertz CT molecular complexity index is 1030. The van der Waals surface area contributed by atoms with E-state index >= 15 is 0 Å². The molecule has 3 atom stereocenters. The summed E-state index contributed by atoms with van der Waals surface area (Å²) in [6.45, 7) is 4.77. The average Bonchev–Trinajstić information content (AvgIpc) is 3.15. The van der Waals surface area contributed by atoms with Crippen molar-refractivity contribution in [2.24, 2.45) is 33.7 Å². The van der Waals surface area contributed by atoms with Gasteiger partial charge in [-0.3, -0.25) is 24.2 Å². The molecule has 0 fully saturated rings. The number of imide groups is 3. The number of amides is 3. The molecule has 0 saturated carbocycles. The Labute approximate surface area is 329 Å². The second-order valence-corrected chi connectivity index (χ2v) is 15.3. The predicted molar refractivity (Wildman–Crippen MR) is 225 cm³/mol. The molecule has 0 heterocycles. The largest absolute Gasteiger partial charge is 0.370 e. The maximum Gasteiger partial charge on any atom is 0.255 e. The number of carbonyl (C=O) groups excluding carboxylic acids is 4. The van der Waals surface area contributed by atoms with Gasteiger partial charge in [-0.25, -0.2) is 4.90 Å². The first-order valence-electron chi connectivity index (χ1n) is 22.0. The first kappa shape index (κ1) is 51.4. The number of aliphatic imine (C=N–C) groups is 1. The number of nitrogens with two attached hydrogens (primary N) is 5. The number of nitrogens with zero attached hydrogens (tertiary/aromatic N) is 2. The number of ketones is 1. The number of rotatable bonds is 37. The minimum absolute atomic E-state index is 0.0501. The second kappa shape index (κ2) is 36.0. The molecule has 0 radical (unpaired) electrons. The fraction of sp³-hybridized carbons (Fsp3) is 0.837. The van der Waals surface area contributed by atoms with Crippen molar-refractivity contribution in [1.29, 1.82) is 0 Å². The Morgan fingerprint density at radius 1 is 0.519 bits per heavy atom. The van der Waals surface area contributed by atoms with E-state index in [1.807, 2.05) is 0 Å². The molecule has 11 heteroatoms. The van der Waals surface area contributed by atoms with E-state index in [0.717, 1.165) is 57.8 Å². The molecule has 11 nitrogen and oxygen atoms in total. The van der Waals surface area contributed by atoms with Crippen molar-refractivity contribution in [2.45, 2.75) is 225 Å². The van der Waals surface area contributed by atoms with Crippen molar-refractivity contribution >= 4 is 29.5 Å². The van der Waals surface area contributed by atoms with Crippen LogP contribution in [0.15, 0.2) is 17.1 Å². The van der Waals surface area contributed by atoms with Gasteiger partial charge in [0.1, 0.15) is 6.04 Å². The van der Waals surface area contributed by atoms with Gasteiger partial charge in [0.2, 0.25) is 11.8 Å². The fourth-order valence-electron chi connectivity index (χ4n) is 6.64. The van der Waals surface area contributed by atoms with Gasteiger partial charge in [0, 0.05) is 19.4 Å². The first-order valence-corrected chi connectivity index (χ1v) is 22.0. The van der Waals surface area contributed by atoms with Gasteiger partial charge in [-0.2, -0.15) is 0 Å². The molecule has 0 aromatic carbocycles. The molecule has 2 unspecified atom stereocenters. The normalized spacial score (nSPS) is 13.1. The second-order valence-electron chi connectivity index (χ2n) is 15.3. The van der Waals surface area contributed by atoms with Crippen LogP contribution in [0.1, 0.15) is 206 Å². The molecule has 314 valence electrons. The number of Topliss-reactive ketones (excluding diaryl/α,β-unsaturated/α-hetero) is 1. The molecule has 0 bridgehead atoms. The van der Waals surface area contributed by atoms with E-state index < -0.39 is 41.6 Å². The van der Waals surface area contributed by atoms with Crippen LogP contribution < -0.4 is 28.7 Å². The molecular weight excluding hydrogens is 679 g/mol. The van der Waals surface area contributed by atoms with Gasteiger partial charge < -0.3 is 28.7 Å². The molecule has 0 rings (SSSR count). The first-order chi connectivity index (χ1) is 26.1. The van der Waals surface area contributed by atoms with Crippen LogP contribution in [0.4, 0.5) is 0 Å². The lowest BCUT2D eigenvalue weighted by Crippen LogP contribution is -2.61. The Morgan fingerprint density at radius 2 is 0.889 bits per heavy atom. The van der Waals surface area contributed by atoms with E-state index in [2.05, 4.69) is 31.0 Å². The number of unbranched alkanes of at least 4 members (excludes halogenated alkanes) is 23. The van der Waals surface area contributed by atoms with Crippen LogP contribution >= 0.6 is 0 Å². The summed E-state index contributed by atoms with van der Waals surface area (Å²) in [6, 6.07) is -4.03. The van der Waals surface area contributed by atoms with Crippen molar-refractivity contribution in [2.75, 3.05) is 6.54 Å². The summed E-state index contributed by atoms with van der Waals surface area (Å²) in [4.78, 5) is 57.8. The minimum atomic E-state index is -1.57. The third-order valence-corrected chi connectivity index (χ3v) is 10.2.